The van der Waals surface area contributed by atoms with E-state index in [0.717, 1.165) is 30.6 Å². The van der Waals surface area contributed by atoms with Crippen LogP contribution < -0.4 is 5.32 Å². The van der Waals surface area contributed by atoms with E-state index in [1.807, 2.05) is 24.1 Å². The molecule has 3 nitrogen and oxygen atoms in total. The number of carbonyl (C=O) groups is 1. The first-order valence-corrected chi connectivity index (χ1v) is 8.19. The molecule has 1 aromatic heterocycles. The second kappa shape index (κ2) is 5.90. The average molecular weight is 300 g/mol. The molecule has 1 aliphatic heterocycles. The third kappa shape index (κ3) is 2.81. The van der Waals surface area contributed by atoms with Crippen molar-refractivity contribution in [2.24, 2.45) is 0 Å². The lowest BCUT2D eigenvalue weighted by Crippen LogP contribution is -2.28. The molecular formula is C17H20N2OS. The molecule has 0 saturated carbocycles. The molecule has 0 atom stereocenters. The number of hydrogen-bond acceptors (Lipinski definition) is 3. The number of fused-ring (bicyclic) bond motifs is 1. The number of carbonyl (C=O) groups excluding carboxylic acids is 1. The maximum Gasteiger partial charge on any atom is 0.254 e. The van der Waals surface area contributed by atoms with Crippen LogP contribution in [-0.2, 0) is 13.0 Å². The first-order chi connectivity index (χ1) is 10.2. The third-order valence-corrected chi connectivity index (χ3v) is 5.03. The van der Waals surface area contributed by atoms with E-state index < -0.39 is 0 Å². The summed E-state index contributed by atoms with van der Waals surface area (Å²) in [6.07, 6.45) is 2.07. The van der Waals surface area contributed by atoms with Crippen molar-refractivity contribution in [3.8, 4) is 0 Å². The SMILES string of the molecule is Cc1ccsc1CN(C)C(=O)c1cccc2c1CCCN2. The number of nitrogens with zero attached hydrogens (tertiary/aromatic N) is 1. The zero-order chi connectivity index (χ0) is 14.8. The van der Waals surface area contributed by atoms with Crippen LogP contribution in [0.1, 0.15) is 32.8 Å². The topological polar surface area (TPSA) is 32.3 Å². The molecule has 0 fully saturated rings. The molecule has 1 N–H and O–H groups in total. The van der Waals surface area contributed by atoms with E-state index in [2.05, 4.69) is 29.8 Å². The number of hydrogen-bond donors (Lipinski definition) is 1. The van der Waals surface area contributed by atoms with Crippen molar-refractivity contribution < 1.29 is 4.79 Å². The maximum absolute atomic E-state index is 12.8. The minimum absolute atomic E-state index is 0.114. The number of anilines is 1. The lowest BCUT2D eigenvalue weighted by molar-refractivity contribution is 0.0785. The molecule has 0 spiro atoms. The Labute approximate surface area is 129 Å². The number of rotatable bonds is 3. The van der Waals surface area contributed by atoms with Crippen molar-refractivity contribution in [3.05, 3.63) is 51.2 Å². The zero-order valence-electron chi connectivity index (χ0n) is 12.5. The van der Waals surface area contributed by atoms with Crippen LogP contribution in [0.15, 0.2) is 29.6 Å². The molecule has 3 rings (SSSR count). The van der Waals surface area contributed by atoms with E-state index in [4.69, 9.17) is 0 Å². The molecule has 0 unspecified atom stereocenters. The lowest BCUT2D eigenvalue weighted by Gasteiger charge is -2.23. The lowest BCUT2D eigenvalue weighted by atomic mass is 9.97. The Morgan fingerprint density at radius 3 is 3.00 bits per heavy atom. The number of nitrogens with one attached hydrogen (secondary N) is 1. The molecule has 2 heterocycles. The fourth-order valence-corrected chi connectivity index (χ4v) is 3.73. The van der Waals surface area contributed by atoms with Gasteiger partial charge in [0, 0.05) is 29.7 Å². The normalized spacial score (nSPS) is 13.4. The quantitative estimate of drug-likeness (QED) is 0.937. The Hall–Kier alpha value is -1.81. The number of thiophene rings is 1. The maximum atomic E-state index is 12.8. The van der Waals surface area contributed by atoms with Crippen LogP contribution in [0.4, 0.5) is 5.69 Å². The van der Waals surface area contributed by atoms with Gasteiger partial charge in [-0.3, -0.25) is 4.79 Å². The molecule has 110 valence electrons. The van der Waals surface area contributed by atoms with Crippen LogP contribution in [-0.4, -0.2) is 24.4 Å². The van der Waals surface area contributed by atoms with Crippen molar-refractivity contribution in [1.29, 1.82) is 0 Å². The first-order valence-electron chi connectivity index (χ1n) is 7.31. The predicted molar refractivity (Wildman–Crippen MR) is 88.1 cm³/mol. The molecule has 0 bridgehead atoms. The van der Waals surface area contributed by atoms with Gasteiger partial charge in [-0.1, -0.05) is 6.07 Å². The first kappa shape index (κ1) is 14.1. The van der Waals surface area contributed by atoms with Gasteiger partial charge < -0.3 is 10.2 Å². The van der Waals surface area contributed by atoms with Crippen LogP contribution >= 0.6 is 11.3 Å². The molecule has 4 heteroatoms. The smallest absolute Gasteiger partial charge is 0.254 e. The minimum atomic E-state index is 0.114. The highest BCUT2D eigenvalue weighted by molar-refractivity contribution is 7.10. The third-order valence-electron chi connectivity index (χ3n) is 4.02. The van der Waals surface area contributed by atoms with Crippen molar-refractivity contribution in [3.63, 3.8) is 0 Å². The van der Waals surface area contributed by atoms with E-state index in [1.165, 1.54) is 16.0 Å². The predicted octanol–water partition coefficient (Wildman–Crippen LogP) is 3.69. The molecule has 0 aliphatic carbocycles. The van der Waals surface area contributed by atoms with Crippen molar-refractivity contribution in [2.45, 2.75) is 26.3 Å². The van der Waals surface area contributed by atoms with Gasteiger partial charge in [-0.15, -0.1) is 11.3 Å². The van der Waals surface area contributed by atoms with Crippen LogP contribution in [0.5, 0.6) is 0 Å². The minimum Gasteiger partial charge on any atom is -0.385 e. The summed E-state index contributed by atoms with van der Waals surface area (Å²) in [6, 6.07) is 8.09. The molecule has 1 amide bonds. The Morgan fingerprint density at radius 1 is 1.38 bits per heavy atom. The summed E-state index contributed by atoms with van der Waals surface area (Å²) < 4.78 is 0. The second-order valence-electron chi connectivity index (χ2n) is 5.55. The largest absolute Gasteiger partial charge is 0.385 e. The van der Waals surface area contributed by atoms with Gasteiger partial charge >= 0.3 is 0 Å². The highest BCUT2D eigenvalue weighted by atomic mass is 32.1. The summed E-state index contributed by atoms with van der Waals surface area (Å²) in [5.41, 5.74) is 4.39. The fourth-order valence-electron chi connectivity index (χ4n) is 2.77. The molecule has 1 aliphatic rings. The molecule has 21 heavy (non-hydrogen) atoms. The highest BCUT2D eigenvalue weighted by Crippen LogP contribution is 2.27. The number of aryl methyl sites for hydroxylation is 1. The Morgan fingerprint density at radius 2 is 2.24 bits per heavy atom. The van der Waals surface area contributed by atoms with E-state index in [1.54, 1.807) is 11.3 Å². The van der Waals surface area contributed by atoms with Gasteiger partial charge in [0.2, 0.25) is 0 Å². The van der Waals surface area contributed by atoms with Gasteiger partial charge in [-0.25, -0.2) is 0 Å². The molecular weight excluding hydrogens is 280 g/mol. The summed E-state index contributed by atoms with van der Waals surface area (Å²) in [4.78, 5) is 15.8. The molecule has 0 saturated heterocycles. The molecule has 0 radical (unpaired) electrons. The van der Waals surface area contributed by atoms with Gasteiger partial charge in [0.25, 0.3) is 5.91 Å². The van der Waals surface area contributed by atoms with Crippen LogP contribution in [0.3, 0.4) is 0 Å². The van der Waals surface area contributed by atoms with Crippen LogP contribution in [0.2, 0.25) is 0 Å². The van der Waals surface area contributed by atoms with Gasteiger partial charge in [0.1, 0.15) is 0 Å². The van der Waals surface area contributed by atoms with E-state index in [0.29, 0.717) is 6.54 Å². The van der Waals surface area contributed by atoms with Gasteiger partial charge in [0.15, 0.2) is 0 Å². The second-order valence-corrected chi connectivity index (χ2v) is 6.55. The Kier molecular flexibility index (Phi) is 3.97. The molecule has 2 aromatic rings. The summed E-state index contributed by atoms with van der Waals surface area (Å²) in [6.45, 7) is 3.77. The van der Waals surface area contributed by atoms with Crippen molar-refractivity contribution in [1.82, 2.24) is 4.90 Å². The summed E-state index contributed by atoms with van der Waals surface area (Å²) >= 11 is 1.71. The Balaban J connectivity index is 1.83. The fraction of sp³-hybridized carbons (Fsp3) is 0.353. The van der Waals surface area contributed by atoms with Crippen LogP contribution in [0.25, 0.3) is 0 Å². The zero-order valence-corrected chi connectivity index (χ0v) is 13.3. The summed E-state index contributed by atoms with van der Waals surface area (Å²) in [7, 11) is 1.89. The Bertz CT molecular complexity index is 663. The van der Waals surface area contributed by atoms with Crippen molar-refractivity contribution >= 4 is 22.9 Å². The van der Waals surface area contributed by atoms with Gasteiger partial charge in [-0.2, -0.15) is 0 Å². The number of amides is 1. The van der Waals surface area contributed by atoms with Crippen LogP contribution in [0, 0.1) is 6.92 Å². The standard InChI is InChI=1S/C17H20N2OS/c1-12-8-10-21-16(12)11-19(2)17(20)14-5-3-7-15-13(14)6-4-9-18-15/h3,5,7-8,10,18H,4,6,9,11H2,1-2H3. The van der Waals surface area contributed by atoms with E-state index in [9.17, 15) is 4.79 Å². The highest BCUT2D eigenvalue weighted by Gasteiger charge is 2.20. The summed E-state index contributed by atoms with van der Waals surface area (Å²) in [5.74, 6) is 0.114. The average Bonchev–Trinajstić information content (AvgIpc) is 2.91. The monoisotopic (exact) mass is 300 g/mol. The van der Waals surface area contributed by atoms with Gasteiger partial charge in [0.05, 0.1) is 6.54 Å². The van der Waals surface area contributed by atoms with Gasteiger partial charge in [-0.05, 0) is 54.5 Å². The van der Waals surface area contributed by atoms with E-state index in [-0.39, 0.29) is 5.91 Å². The summed E-state index contributed by atoms with van der Waals surface area (Å²) in [5, 5.41) is 5.46. The number of benzene rings is 1. The van der Waals surface area contributed by atoms with Crippen molar-refractivity contribution in [2.75, 3.05) is 18.9 Å². The van der Waals surface area contributed by atoms with E-state index >= 15 is 0 Å². The molecule has 1 aromatic carbocycles.